The molecule has 1 unspecified atom stereocenters. The van der Waals surface area contributed by atoms with E-state index in [0.717, 1.165) is 0 Å². The van der Waals surface area contributed by atoms with E-state index in [2.05, 4.69) is 5.32 Å². The van der Waals surface area contributed by atoms with Crippen LogP contribution < -0.4 is 11.1 Å². The van der Waals surface area contributed by atoms with Crippen molar-refractivity contribution in [2.24, 2.45) is 11.7 Å². The molecular weight excluding hydrogens is 221 g/mol. The van der Waals surface area contributed by atoms with Crippen LogP contribution in [-0.4, -0.2) is 25.2 Å². The number of carbonyl (C=O) groups is 1. The molecule has 6 heteroatoms. The molecule has 0 radical (unpaired) electrons. The maximum absolute atomic E-state index is 11.8. The molecule has 0 bridgehead atoms. The van der Waals surface area contributed by atoms with Crippen LogP contribution in [0.2, 0.25) is 0 Å². The minimum atomic E-state index is -4.10. The third-order valence-corrected chi connectivity index (χ3v) is 2.33. The van der Waals surface area contributed by atoms with Crippen molar-refractivity contribution < 1.29 is 18.0 Å². The summed E-state index contributed by atoms with van der Waals surface area (Å²) in [6.07, 6.45) is -3.87. The number of alkyl halides is 3. The summed E-state index contributed by atoms with van der Waals surface area (Å²) in [7, 11) is 0. The zero-order valence-corrected chi connectivity index (χ0v) is 9.44. The van der Waals surface area contributed by atoms with Gasteiger partial charge in [0.2, 0.25) is 5.91 Å². The zero-order chi connectivity index (χ0) is 12.6. The van der Waals surface area contributed by atoms with Crippen LogP contribution in [0.1, 0.15) is 32.6 Å². The predicted octanol–water partition coefficient (Wildman–Crippen LogP) is 1.82. The van der Waals surface area contributed by atoms with Crippen molar-refractivity contribution >= 4 is 5.91 Å². The van der Waals surface area contributed by atoms with Gasteiger partial charge in [0.25, 0.3) is 0 Å². The van der Waals surface area contributed by atoms with Crippen LogP contribution in [0, 0.1) is 5.92 Å². The van der Waals surface area contributed by atoms with Crippen LogP contribution >= 0.6 is 0 Å². The first-order chi connectivity index (χ1) is 7.40. The molecule has 0 saturated heterocycles. The quantitative estimate of drug-likeness (QED) is 0.667. The molecular formula is C10H19F3N2O. The highest BCUT2D eigenvalue weighted by atomic mass is 19.4. The van der Waals surface area contributed by atoms with Crippen molar-refractivity contribution in [2.75, 3.05) is 13.1 Å². The Morgan fingerprint density at radius 3 is 2.44 bits per heavy atom. The first kappa shape index (κ1) is 15.2. The molecule has 0 aliphatic rings. The summed E-state index contributed by atoms with van der Waals surface area (Å²) in [4.78, 5) is 11.4. The topological polar surface area (TPSA) is 55.1 Å². The highest BCUT2D eigenvalue weighted by molar-refractivity contribution is 5.78. The SMILES string of the molecule is CCC(CN)C(=O)NCCCCC(F)(F)F. The molecule has 1 atom stereocenters. The lowest BCUT2D eigenvalue weighted by Crippen LogP contribution is -2.35. The van der Waals surface area contributed by atoms with Crippen LogP contribution in [-0.2, 0) is 4.79 Å². The highest BCUT2D eigenvalue weighted by Crippen LogP contribution is 2.21. The lowest BCUT2D eigenvalue weighted by molar-refractivity contribution is -0.135. The molecule has 3 nitrogen and oxygen atoms in total. The molecule has 0 heterocycles. The molecule has 1 amide bonds. The van der Waals surface area contributed by atoms with Crippen LogP contribution in [0.5, 0.6) is 0 Å². The summed E-state index contributed by atoms with van der Waals surface area (Å²) in [5, 5.41) is 2.58. The number of nitrogens with two attached hydrogens (primary N) is 1. The van der Waals surface area contributed by atoms with E-state index < -0.39 is 12.6 Å². The Morgan fingerprint density at radius 1 is 1.38 bits per heavy atom. The number of rotatable bonds is 7. The molecule has 0 aromatic heterocycles. The second-order valence-corrected chi connectivity index (χ2v) is 3.70. The number of amides is 1. The van der Waals surface area contributed by atoms with Crippen LogP contribution in [0.4, 0.5) is 13.2 Å². The summed E-state index contributed by atoms with van der Waals surface area (Å²) in [5.41, 5.74) is 5.36. The van der Waals surface area contributed by atoms with Gasteiger partial charge < -0.3 is 11.1 Å². The minimum absolute atomic E-state index is 0.0448. The van der Waals surface area contributed by atoms with E-state index in [1.165, 1.54) is 0 Å². The van der Waals surface area contributed by atoms with Gasteiger partial charge in [-0.2, -0.15) is 13.2 Å². The molecule has 0 rings (SSSR count). The third kappa shape index (κ3) is 7.50. The normalized spacial score (nSPS) is 13.6. The summed E-state index contributed by atoms with van der Waals surface area (Å²) in [5.74, 6) is -0.403. The molecule has 0 aromatic rings. The van der Waals surface area contributed by atoms with Crippen molar-refractivity contribution in [3.8, 4) is 0 Å². The summed E-state index contributed by atoms with van der Waals surface area (Å²) in [6, 6.07) is 0. The summed E-state index contributed by atoms with van der Waals surface area (Å²) >= 11 is 0. The second-order valence-electron chi connectivity index (χ2n) is 3.70. The number of carbonyl (C=O) groups excluding carboxylic acids is 1. The number of unbranched alkanes of at least 4 members (excludes halogenated alkanes) is 1. The first-order valence-corrected chi connectivity index (χ1v) is 5.45. The Labute approximate surface area is 93.6 Å². The Hall–Kier alpha value is -0.780. The Kier molecular flexibility index (Phi) is 7.12. The van der Waals surface area contributed by atoms with Crippen LogP contribution in [0.3, 0.4) is 0 Å². The molecule has 0 aliphatic carbocycles. The van der Waals surface area contributed by atoms with E-state index in [-0.39, 0.29) is 31.3 Å². The molecule has 0 spiro atoms. The fraction of sp³-hybridized carbons (Fsp3) is 0.900. The highest BCUT2D eigenvalue weighted by Gasteiger charge is 2.25. The fourth-order valence-corrected chi connectivity index (χ4v) is 1.27. The molecule has 16 heavy (non-hydrogen) atoms. The molecule has 3 N–H and O–H groups in total. The van der Waals surface area contributed by atoms with Gasteiger partial charge in [-0.25, -0.2) is 0 Å². The van der Waals surface area contributed by atoms with E-state index in [9.17, 15) is 18.0 Å². The standard InChI is InChI=1S/C10H19F3N2O/c1-2-8(7-14)9(16)15-6-4-3-5-10(11,12)13/h8H,2-7,14H2,1H3,(H,15,16). The van der Waals surface area contributed by atoms with Crippen molar-refractivity contribution in [2.45, 2.75) is 38.8 Å². The van der Waals surface area contributed by atoms with Gasteiger partial charge in [0.15, 0.2) is 0 Å². The number of halogens is 3. The van der Waals surface area contributed by atoms with Gasteiger partial charge in [0, 0.05) is 25.4 Å². The van der Waals surface area contributed by atoms with Crippen LogP contribution in [0.15, 0.2) is 0 Å². The van der Waals surface area contributed by atoms with Gasteiger partial charge in [-0.3, -0.25) is 4.79 Å². The number of hydrogen-bond acceptors (Lipinski definition) is 2. The van der Waals surface area contributed by atoms with Gasteiger partial charge in [-0.1, -0.05) is 6.92 Å². The zero-order valence-electron chi connectivity index (χ0n) is 9.44. The average Bonchev–Trinajstić information content (AvgIpc) is 2.17. The summed E-state index contributed by atoms with van der Waals surface area (Å²) < 4.78 is 35.3. The van der Waals surface area contributed by atoms with E-state index in [0.29, 0.717) is 12.8 Å². The number of hydrogen-bond donors (Lipinski definition) is 2. The fourth-order valence-electron chi connectivity index (χ4n) is 1.27. The molecule has 0 saturated carbocycles. The molecule has 0 aliphatic heterocycles. The lowest BCUT2D eigenvalue weighted by atomic mass is 10.1. The van der Waals surface area contributed by atoms with Crippen LogP contribution in [0.25, 0.3) is 0 Å². The van der Waals surface area contributed by atoms with Crippen molar-refractivity contribution in [1.29, 1.82) is 0 Å². The Balaban J connectivity index is 3.55. The van der Waals surface area contributed by atoms with E-state index >= 15 is 0 Å². The molecule has 0 fully saturated rings. The average molecular weight is 240 g/mol. The molecule has 0 aromatic carbocycles. The predicted molar refractivity (Wildman–Crippen MR) is 55.8 cm³/mol. The van der Waals surface area contributed by atoms with Crippen molar-refractivity contribution in [3.63, 3.8) is 0 Å². The first-order valence-electron chi connectivity index (χ1n) is 5.45. The van der Waals surface area contributed by atoms with Gasteiger partial charge >= 0.3 is 6.18 Å². The largest absolute Gasteiger partial charge is 0.389 e. The van der Waals surface area contributed by atoms with Gasteiger partial charge in [0.05, 0.1) is 0 Å². The van der Waals surface area contributed by atoms with Gasteiger partial charge in [0.1, 0.15) is 0 Å². The Morgan fingerprint density at radius 2 is 2.00 bits per heavy atom. The monoisotopic (exact) mass is 240 g/mol. The van der Waals surface area contributed by atoms with Gasteiger partial charge in [-0.15, -0.1) is 0 Å². The van der Waals surface area contributed by atoms with Crippen molar-refractivity contribution in [3.05, 3.63) is 0 Å². The third-order valence-electron chi connectivity index (χ3n) is 2.33. The van der Waals surface area contributed by atoms with E-state index in [1.807, 2.05) is 6.92 Å². The smallest absolute Gasteiger partial charge is 0.356 e. The van der Waals surface area contributed by atoms with Crippen molar-refractivity contribution in [1.82, 2.24) is 5.32 Å². The van der Waals surface area contributed by atoms with Gasteiger partial charge in [-0.05, 0) is 19.3 Å². The second kappa shape index (κ2) is 7.49. The minimum Gasteiger partial charge on any atom is -0.356 e. The number of nitrogens with one attached hydrogen (secondary N) is 1. The molecule has 96 valence electrons. The van der Waals surface area contributed by atoms with E-state index in [4.69, 9.17) is 5.73 Å². The maximum Gasteiger partial charge on any atom is 0.389 e. The van der Waals surface area contributed by atoms with E-state index in [1.54, 1.807) is 0 Å². The Bertz CT molecular complexity index is 203. The summed E-state index contributed by atoms with van der Waals surface area (Å²) in [6.45, 7) is 2.40. The lowest BCUT2D eigenvalue weighted by Gasteiger charge is -2.12. The maximum atomic E-state index is 11.8.